The van der Waals surface area contributed by atoms with Crippen molar-refractivity contribution in [2.45, 2.75) is 25.6 Å². The van der Waals surface area contributed by atoms with Gasteiger partial charge in [-0.05, 0) is 30.2 Å². The summed E-state index contributed by atoms with van der Waals surface area (Å²) in [5.74, 6) is -0.255. The molecule has 2 fully saturated rings. The van der Waals surface area contributed by atoms with Crippen LogP contribution in [0.15, 0.2) is 42.5 Å². The Labute approximate surface area is 172 Å². The zero-order valence-corrected chi connectivity index (χ0v) is 17.1. The molecule has 8 nitrogen and oxygen atoms in total. The first-order valence-electron chi connectivity index (χ1n) is 8.96. The molecule has 2 amide bonds. The average molecular weight is 436 g/mol. The van der Waals surface area contributed by atoms with Crippen LogP contribution < -0.4 is 4.90 Å². The summed E-state index contributed by atoms with van der Waals surface area (Å²) in [5.41, 5.74) is 1.89. The predicted molar refractivity (Wildman–Crippen MR) is 109 cm³/mol. The van der Waals surface area contributed by atoms with Gasteiger partial charge in [-0.15, -0.1) is 0 Å². The van der Waals surface area contributed by atoms with Crippen molar-refractivity contribution in [2.24, 2.45) is 0 Å². The lowest BCUT2D eigenvalue weighted by atomic mass is 10.1. The molecule has 2 aliphatic rings. The van der Waals surface area contributed by atoms with Gasteiger partial charge in [-0.25, -0.2) is 13.2 Å². The largest absolute Gasteiger partial charge is 0.325 e. The van der Waals surface area contributed by atoms with Crippen LogP contribution in [0.3, 0.4) is 0 Å². The number of anilines is 1. The Balaban J connectivity index is 1.71. The fourth-order valence-electron chi connectivity index (χ4n) is 3.96. The van der Waals surface area contributed by atoms with E-state index in [9.17, 15) is 23.3 Å². The van der Waals surface area contributed by atoms with E-state index in [2.05, 4.69) is 0 Å². The van der Waals surface area contributed by atoms with Gasteiger partial charge in [0.25, 0.3) is 5.69 Å². The number of urea groups is 1. The first-order chi connectivity index (χ1) is 13.7. The molecule has 2 saturated heterocycles. The van der Waals surface area contributed by atoms with E-state index in [4.69, 9.17) is 11.6 Å². The second kappa shape index (κ2) is 7.00. The Bertz CT molecular complexity index is 1120. The van der Waals surface area contributed by atoms with Crippen LogP contribution in [0.5, 0.6) is 0 Å². The predicted octanol–water partition coefficient (Wildman–Crippen LogP) is 3.16. The Hall–Kier alpha value is -2.65. The maximum absolute atomic E-state index is 13.2. The standard InChI is InChI=1S/C19H18ClN3O5S/c1-12-5-6-14(8-16(12)20)22-18-11-29(27,28)10-17(18)21(19(22)24)9-13-3-2-4-15(7-13)23(25)26/h2-8,17-18H,9-11H2,1H3/t17-,18-/m0/s1. The molecular formula is C19H18ClN3O5S. The normalized spacial score (nSPS) is 22.8. The molecule has 0 saturated carbocycles. The number of non-ortho nitro benzene ring substituents is 1. The molecule has 0 radical (unpaired) electrons. The molecule has 2 heterocycles. The highest BCUT2D eigenvalue weighted by Gasteiger charge is 2.53. The Morgan fingerprint density at radius 3 is 2.59 bits per heavy atom. The highest BCUT2D eigenvalue weighted by atomic mass is 35.5. The zero-order valence-electron chi connectivity index (χ0n) is 15.5. The van der Waals surface area contributed by atoms with Crippen LogP contribution >= 0.6 is 11.6 Å². The summed E-state index contributed by atoms with van der Waals surface area (Å²) in [5, 5.41) is 11.5. The van der Waals surface area contributed by atoms with Crippen molar-refractivity contribution in [3.63, 3.8) is 0 Å². The fourth-order valence-corrected chi connectivity index (χ4v) is 6.09. The molecular weight excluding hydrogens is 418 g/mol. The summed E-state index contributed by atoms with van der Waals surface area (Å²) in [4.78, 5) is 26.7. The second-order valence-electron chi connectivity index (χ2n) is 7.35. The summed E-state index contributed by atoms with van der Waals surface area (Å²) < 4.78 is 24.6. The van der Waals surface area contributed by atoms with E-state index >= 15 is 0 Å². The molecule has 4 rings (SSSR count). The molecule has 152 valence electrons. The first kappa shape index (κ1) is 19.7. The number of carbonyl (C=O) groups is 1. The van der Waals surface area contributed by atoms with E-state index in [1.165, 1.54) is 21.9 Å². The van der Waals surface area contributed by atoms with Gasteiger partial charge in [0.05, 0.1) is 28.5 Å². The van der Waals surface area contributed by atoms with Gasteiger partial charge < -0.3 is 4.90 Å². The lowest BCUT2D eigenvalue weighted by Crippen LogP contribution is -2.37. The first-order valence-corrected chi connectivity index (χ1v) is 11.2. The number of nitro groups is 1. The molecule has 2 atom stereocenters. The highest BCUT2D eigenvalue weighted by molar-refractivity contribution is 7.91. The summed E-state index contributed by atoms with van der Waals surface area (Å²) in [6.45, 7) is 1.93. The number of hydrogen-bond acceptors (Lipinski definition) is 5. The van der Waals surface area contributed by atoms with Gasteiger partial charge >= 0.3 is 6.03 Å². The molecule has 0 aromatic heterocycles. The molecule has 0 N–H and O–H groups in total. The van der Waals surface area contributed by atoms with E-state index in [0.717, 1.165) is 5.56 Å². The van der Waals surface area contributed by atoms with Gasteiger partial charge in [0.1, 0.15) is 0 Å². The van der Waals surface area contributed by atoms with Crippen LogP contribution in [-0.4, -0.2) is 47.9 Å². The minimum absolute atomic E-state index is 0.0769. The van der Waals surface area contributed by atoms with Gasteiger partial charge in [0, 0.05) is 29.4 Å². The summed E-state index contributed by atoms with van der Waals surface area (Å²) in [6, 6.07) is 9.82. The molecule has 2 aromatic rings. The Kier molecular flexibility index (Phi) is 4.74. The van der Waals surface area contributed by atoms with Crippen LogP contribution in [0.2, 0.25) is 5.02 Å². The quantitative estimate of drug-likeness (QED) is 0.417. The van der Waals surface area contributed by atoms with Crippen LogP contribution in [-0.2, 0) is 16.4 Å². The van der Waals surface area contributed by atoms with Crippen molar-refractivity contribution in [1.29, 1.82) is 0 Å². The lowest BCUT2D eigenvalue weighted by molar-refractivity contribution is -0.384. The van der Waals surface area contributed by atoms with E-state index < -0.39 is 26.8 Å². The maximum Gasteiger partial charge on any atom is 0.325 e. The van der Waals surface area contributed by atoms with Crippen LogP contribution in [0.25, 0.3) is 0 Å². The lowest BCUT2D eigenvalue weighted by Gasteiger charge is -2.23. The zero-order chi connectivity index (χ0) is 20.9. The smallest absolute Gasteiger partial charge is 0.314 e. The molecule has 2 aliphatic heterocycles. The van der Waals surface area contributed by atoms with E-state index in [0.29, 0.717) is 16.3 Å². The number of amides is 2. The van der Waals surface area contributed by atoms with Crippen molar-refractivity contribution >= 4 is 38.8 Å². The van der Waals surface area contributed by atoms with Crippen LogP contribution in [0.4, 0.5) is 16.2 Å². The number of sulfone groups is 1. The number of nitrogens with zero attached hydrogens (tertiary/aromatic N) is 3. The molecule has 0 spiro atoms. The molecule has 2 aromatic carbocycles. The maximum atomic E-state index is 13.2. The summed E-state index contributed by atoms with van der Waals surface area (Å²) in [7, 11) is -3.31. The number of rotatable bonds is 4. The molecule has 29 heavy (non-hydrogen) atoms. The highest BCUT2D eigenvalue weighted by Crippen LogP contribution is 2.37. The fraction of sp³-hybridized carbons (Fsp3) is 0.316. The van der Waals surface area contributed by atoms with Gasteiger partial charge in [-0.3, -0.25) is 15.0 Å². The van der Waals surface area contributed by atoms with Crippen molar-refractivity contribution in [3.05, 3.63) is 68.7 Å². The topological polar surface area (TPSA) is 101 Å². The van der Waals surface area contributed by atoms with Gasteiger partial charge in [-0.1, -0.05) is 29.8 Å². The monoisotopic (exact) mass is 435 g/mol. The molecule has 0 unspecified atom stereocenters. The number of nitro benzene ring substituents is 1. The van der Waals surface area contributed by atoms with E-state index in [1.54, 1.807) is 30.3 Å². The number of aryl methyl sites for hydroxylation is 1. The number of halogens is 1. The van der Waals surface area contributed by atoms with Gasteiger partial charge in [-0.2, -0.15) is 0 Å². The number of carbonyl (C=O) groups excluding carboxylic acids is 1. The minimum atomic E-state index is -3.31. The van der Waals surface area contributed by atoms with E-state index in [1.807, 2.05) is 6.92 Å². The second-order valence-corrected chi connectivity index (χ2v) is 9.91. The van der Waals surface area contributed by atoms with Gasteiger partial charge in [0.2, 0.25) is 0 Å². The van der Waals surface area contributed by atoms with Crippen molar-refractivity contribution < 1.29 is 18.1 Å². The van der Waals surface area contributed by atoms with Crippen molar-refractivity contribution in [2.75, 3.05) is 16.4 Å². The van der Waals surface area contributed by atoms with Crippen molar-refractivity contribution in [1.82, 2.24) is 4.90 Å². The third-order valence-corrected chi connectivity index (χ3v) is 7.49. The van der Waals surface area contributed by atoms with Crippen molar-refractivity contribution in [3.8, 4) is 0 Å². The third-order valence-electron chi connectivity index (χ3n) is 5.39. The van der Waals surface area contributed by atoms with Crippen LogP contribution in [0.1, 0.15) is 11.1 Å². The van der Waals surface area contributed by atoms with Crippen LogP contribution in [0, 0.1) is 17.0 Å². The average Bonchev–Trinajstić information content (AvgIpc) is 3.08. The SMILES string of the molecule is Cc1ccc(N2C(=O)N(Cc3cccc([N+](=O)[O-])c3)[C@H]3CS(=O)(=O)C[C@@H]32)cc1Cl. The number of benzene rings is 2. The van der Waals surface area contributed by atoms with E-state index in [-0.39, 0.29) is 29.8 Å². The number of hydrogen-bond donors (Lipinski definition) is 0. The molecule has 10 heteroatoms. The summed E-state index contributed by atoms with van der Waals surface area (Å²) >= 11 is 6.22. The van der Waals surface area contributed by atoms with Gasteiger partial charge in [0.15, 0.2) is 9.84 Å². The summed E-state index contributed by atoms with van der Waals surface area (Å²) in [6.07, 6.45) is 0. The Morgan fingerprint density at radius 2 is 1.90 bits per heavy atom. The third kappa shape index (κ3) is 3.56. The minimum Gasteiger partial charge on any atom is -0.314 e. The molecule has 0 aliphatic carbocycles. The molecule has 0 bridgehead atoms. The number of fused-ring (bicyclic) bond motifs is 1. The Morgan fingerprint density at radius 1 is 1.17 bits per heavy atom.